The first-order valence-electron chi connectivity index (χ1n) is 5.77. The molecule has 0 spiro atoms. The van der Waals surface area contributed by atoms with Gasteiger partial charge in [0, 0.05) is 15.8 Å². The van der Waals surface area contributed by atoms with Crippen molar-refractivity contribution in [1.82, 2.24) is 4.72 Å². The van der Waals surface area contributed by atoms with E-state index in [1.807, 2.05) is 0 Å². The van der Waals surface area contributed by atoms with Gasteiger partial charge in [0.2, 0.25) is 10.0 Å². The van der Waals surface area contributed by atoms with Crippen LogP contribution in [0.25, 0.3) is 0 Å². The van der Waals surface area contributed by atoms with Crippen molar-refractivity contribution in [2.24, 2.45) is 5.92 Å². The van der Waals surface area contributed by atoms with E-state index in [1.54, 1.807) is 23.9 Å². The Morgan fingerprint density at radius 1 is 1.28 bits per heavy atom. The summed E-state index contributed by atoms with van der Waals surface area (Å²) in [5, 5.41) is 0.430. The third-order valence-corrected chi connectivity index (χ3v) is 5.77. The highest BCUT2D eigenvalue weighted by molar-refractivity contribution is 8.00. The van der Waals surface area contributed by atoms with Crippen molar-refractivity contribution in [3.8, 4) is 0 Å². The highest BCUT2D eigenvalue weighted by Gasteiger charge is 2.15. The van der Waals surface area contributed by atoms with Crippen LogP contribution in [0.4, 0.5) is 5.69 Å². The third kappa shape index (κ3) is 3.63. The number of thioether (sulfide) groups is 1. The summed E-state index contributed by atoms with van der Waals surface area (Å²) >= 11 is 1.66. The molecule has 0 bridgehead atoms. The summed E-state index contributed by atoms with van der Waals surface area (Å²) in [7, 11) is -2.04. The second kappa shape index (κ2) is 5.95. The number of benzene rings is 1. The Kier molecular flexibility index (Phi) is 5.07. The van der Waals surface area contributed by atoms with Crippen molar-refractivity contribution >= 4 is 27.5 Å². The maximum Gasteiger partial charge on any atom is 0.240 e. The average Bonchev–Trinajstić information content (AvgIpc) is 2.31. The molecule has 0 saturated heterocycles. The van der Waals surface area contributed by atoms with E-state index in [4.69, 9.17) is 5.73 Å². The van der Waals surface area contributed by atoms with Gasteiger partial charge >= 0.3 is 0 Å². The fourth-order valence-electron chi connectivity index (χ4n) is 1.26. The Morgan fingerprint density at radius 2 is 1.89 bits per heavy atom. The lowest BCUT2D eigenvalue weighted by Gasteiger charge is -2.16. The Balaban J connectivity index is 3.01. The van der Waals surface area contributed by atoms with Gasteiger partial charge in [-0.25, -0.2) is 13.1 Å². The molecule has 102 valence electrons. The second-order valence-corrected chi connectivity index (χ2v) is 7.78. The van der Waals surface area contributed by atoms with Gasteiger partial charge in [-0.05, 0) is 31.2 Å². The normalized spacial score (nSPS) is 13.8. The molecule has 0 aliphatic heterocycles. The summed E-state index contributed by atoms with van der Waals surface area (Å²) in [5.74, 6) is 0.537. The number of nitrogens with two attached hydrogens (primary N) is 1. The van der Waals surface area contributed by atoms with Crippen LogP contribution in [-0.2, 0) is 10.0 Å². The van der Waals surface area contributed by atoms with Crippen LogP contribution < -0.4 is 10.5 Å². The highest BCUT2D eigenvalue weighted by atomic mass is 32.2. The number of anilines is 1. The van der Waals surface area contributed by atoms with E-state index in [-0.39, 0.29) is 4.90 Å². The lowest BCUT2D eigenvalue weighted by Crippen LogP contribution is -2.18. The number of hydrogen-bond acceptors (Lipinski definition) is 4. The fourth-order valence-corrected chi connectivity index (χ4v) is 3.03. The Bertz CT molecular complexity index is 513. The van der Waals surface area contributed by atoms with E-state index in [9.17, 15) is 8.42 Å². The van der Waals surface area contributed by atoms with Gasteiger partial charge in [0.1, 0.15) is 0 Å². The average molecular weight is 288 g/mol. The Labute approximate surface area is 113 Å². The molecule has 1 unspecified atom stereocenters. The molecule has 6 heteroatoms. The summed E-state index contributed by atoms with van der Waals surface area (Å²) in [6.07, 6.45) is 0. The van der Waals surface area contributed by atoms with Gasteiger partial charge in [-0.1, -0.05) is 20.8 Å². The van der Waals surface area contributed by atoms with Crippen LogP contribution in [0.1, 0.15) is 20.8 Å². The van der Waals surface area contributed by atoms with Crippen molar-refractivity contribution in [2.75, 3.05) is 12.8 Å². The molecule has 1 atom stereocenters. The van der Waals surface area contributed by atoms with Gasteiger partial charge in [-0.15, -0.1) is 11.8 Å². The molecule has 0 saturated carbocycles. The van der Waals surface area contributed by atoms with Crippen molar-refractivity contribution in [2.45, 2.75) is 35.8 Å². The minimum absolute atomic E-state index is 0.198. The Hall–Kier alpha value is -0.720. The van der Waals surface area contributed by atoms with Crippen LogP contribution in [0.15, 0.2) is 28.0 Å². The molecule has 0 aromatic heterocycles. The minimum Gasteiger partial charge on any atom is -0.398 e. The van der Waals surface area contributed by atoms with Crippen LogP contribution in [0.3, 0.4) is 0 Å². The fraction of sp³-hybridized carbons (Fsp3) is 0.500. The van der Waals surface area contributed by atoms with Crippen LogP contribution in [0.5, 0.6) is 0 Å². The van der Waals surface area contributed by atoms with E-state index in [0.29, 0.717) is 16.9 Å². The van der Waals surface area contributed by atoms with Crippen LogP contribution in [-0.4, -0.2) is 20.7 Å². The zero-order valence-electron chi connectivity index (χ0n) is 11.1. The van der Waals surface area contributed by atoms with Crippen LogP contribution in [0.2, 0.25) is 0 Å². The minimum atomic E-state index is -3.42. The van der Waals surface area contributed by atoms with Gasteiger partial charge in [-0.3, -0.25) is 0 Å². The maximum absolute atomic E-state index is 11.6. The standard InChI is InChI=1S/C12H20N2O2S2/c1-8(2)9(3)17-12-6-5-10(7-11(12)13)18(15,16)14-4/h5-9,14H,13H2,1-4H3. The van der Waals surface area contributed by atoms with Gasteiger partial charge in [-0.2, -0.15) is 0 Å². The number of nitrogen functional groups attached to an aromatic ring is 1. The van der Waals surface area contributed by atoms with Crippen molar-refractivity contribution in [1.29, 1.82) is 0 Å². The molecule has 4 nitrogen and oxygen atoms in total. The lowest BCUT2D eigenvalue weighted by molar-refractivity contribution is 0.588. The quantitative estimate of drug-likeness (QED) is 0.644. The van der Waals surface area contributed by atoms with Crippen LogP contribution in [0, 0.1) is 5.92 Å². The zero-order valence-corrected chi connectivity index (χ0v) is 12.7. The number of hydrogen-bond donors (Lipinski definition) is 2. The molecule has 0 radical (unpaired) electrons. The molecule has 0 aliphatic rings. The van der Waals surface area contributed by atoms with E-state index in [2.05, 4.69) is 25.5 Å². The van der Waals surface area contributed by atoms with Crippen LogP contribution >= 0.6 is 11.8 Å². The first kappa shape index (κ1) is 15.3. The van der Waals surface area contributed by atoms with Crippen molar-refractivity contribution in [3.05, 3.63) is 18.2 Å². The molecule has 0 aliphatic carbocycles. The molecule has 0 heterocycles. The Morgan fingerprint density at radius 3 is 2.33 bits per heavy atom. The number of rotatable bonds is 5. The maximum atomic E-state index is 11.6. The second-order valence-electron chi connectivity index (χ2n) is 4.47. The molecule has 3 N–H and O–H groups in total. The van der Waals surface area contributed by atoms with Gasteiger partial charge in [0.25, 0.3) is 0 Å². The predicted molar refractivity (Wildman–Crippen MR) is 77.3 cm³/mol. The van der Waals surface area contributed by atoms with Gasteiger partial charge < -0.3 is 5.73 Å². The van der Waals surface area contributed by atoms with Crippen molar-refractivity contribution in [3.63, 3.8) is 0 Å². The molecule has 0 fully saturated rings. The van der Waals surface area contributed by atoms with Crippen molar-refractivity contribution < 1.29 is 8.42 Å². The molecule has 0 amide bonds. The molecule has 1 rings (SSSR count). The first-order valence-corrected chi connectivity index (χ1v) is 8.14. The molecule has 1 aromatic carbocycles. The molecule has 18 heavy (non-hydrogen) atoms. The highest BCUT2D eigenvalue weighted by Crippen LogP contribution is 2.33. The zero-order chi connectivity index (χ0) is 13.9. The monoisotopic (exact) mass is 288 g/mol. The van der Waals surface area contributed by atoms with Gasteiger partial charge in [0.15, 0.2) is 0 Å². The SMILES string of the molecule is CNS(=O)(=O)c1ccc(SC(C)C(C)C)c(N)c1. The summed E-state index contributed by atoms with van der Waals surface area (Å²) in [6, 6.07) is 4.85. The summed E-state index contributed by atoms with van der Waals surface area (Å²) in [4.78, 5) is 1.12. The predicted octanol–water partition coefficient (Wildman–Crippen LogP) is 2.31. The lowest BCUT2D eigenvalue weighted by atomic mass is 10.2. The van der Waals surface area contributed by atoms with E-state index in [1.165, 1.54) is 13.1 Å². The summed E-state index contributed by atoms with van der Waals surface area (Å²) < 4.78 is 25.5. The van der Waals surface area contributed by atoms with Gasteiger partial charge in [0.05, 0.1) is 4.90 Å². The van der Waals surface area contributed by atoms with E-state index < -0.39 is 10.0 Å². The van der Waals surface area contributed by atoms with E-state index in [0.717, 1.165) is 4.90 Å². The number of sulfonamides is 1. The smallest absolute Gasteiger partial charge is 0.240 e. The molecule has 1 aromatic rings. The first-order chi connectivity index (χ1) is 8.27. The topological polar surface area (TPSA) is 72.2 Å². The number of nitrogens with one attached hydrogen (secondary N) is 1. The summed E-state index contributed by atoms with van der Waals surface area (Å²) in [6.45, 7) is 6.43. The largest absolute Gasteiger partial charge is 0.398 e. The third-order valence-electron chi connectivity index (χ3n) is 2.81. The summed E-state index contributed by atoms with van der Waals surface area (Å²) in [5.41, 5.74) is 6.41. The van der Waals surface area contributed by atoms with E-state index >= 15 is 0 Å². The molecular formula is C12H20N2O2S2. The molecular weight excluding hydrogens is 268 g/mol.